The number of nitrogens with one attached hydrogen (secondary N) is 2. The third kappa shape index (κ3) is 2.55. The van der Waals surface area contributed by atoms with Crippen LogP contribution in [0, 0.1) is 0 Å². The van der Waals surface area contributed by atoms with Gasteiger partial charge in [0, 0.05) is 6.07 Å². The van der Waals surface area contributed by atoms with Crippen molar-refractivity contribution < 1.29 is 8.42 Å². The molecule has 3 aromatic heterocycles. The van der Waals surface area contributed by atoms with E-state index in [2.05, 4.69) is 14.9 Å². The average Bonchev–Trinajstić information content (AvgIpc) is 3.11. The first-order valence-corrected chi connectivity index (χ1v) is 8.55. The molecule has 3 rings (SSSR count). The molecule has 0 aliphatic rings. The first-order valence-electron chi connectivity index (χ1n) is 5.31. The van der Waals surface area contributed by atoms with Gasteiger partial charge in [-0.15, -0.1) is 22.7 Å². The van der Waals surface area contributed by atoms with Crippen LogP contribution in [-0.2, 0) is 10.0 Å². The first-order chi connectivity index (χ1) is 9.15. The zero-order chi connectivity index (χ0) is 13.3. The molecule has 0 radical (unpaired) electrons. The van der Waals surface area contributed by atoms with Gasteiger partial charge in [0.05, 0.1) is 10.6 Å². The van der Waals surface area contributed by atoms with E-state index in [1.54, 1.807) is 34.9 Å². The molecule has 19 heavy (non-hydrogen) atoms. The van der Waals surface area contributed by atoms with Gasteiger partial charge in [-0.1, -0.05) is 12.1 Å². The molecule has 0 bridgehead atoms. The highest BCUT2D eigenvalue weighted by molar-refractivity contribution is 7.94. The molecule has 3 heterocycles. The molecule has 0 amide bonds. The molecule has 0 atom stereocenters. The Labute approximate surface area is 118 Å². The maximum Gasteiger partial charge on any atom is 0.272 e. The Hall–Kier alpha value is -1.64. The van der Waals surface area contributed by atoms with Gasteiger partial charge in [0.25, 0.3) is 10.0 Å². The van der Waals surface area contributed by atoms with Gasteiger partial charge in [0.1, 0.15) is 4.21 Å². The number of nitrogens with zero attached hydrogens (tertiary/aromatic N) is 1. The lowest BCUT2D eigenvalue weighted by Gasteiger charge is -2.01. The van der Waals surface area contributed by atoms with Crippen molar-refractivity contribution in [3.8, 4) is 10.6 Å². The van der Waals surface area contributed by atoms with Crippen LogP contribution in [0.5, 0.6) is 0 Å². The molecular weight excluding hydrogens is 302 g/mol. The average molecular weight is 311 g/mol. The van der Waals surface area contributed by atoms with Crippen LogP contribution in [0.15, 0.2) is 45.3 Å². The summed E-state index contributed by atoms with van der Waals surface area (Å²) >= 11 is 2.73. The Kier molecular flexibility index (Phi) is 3.13. The molecule has 0 saturated carbocycles. The maximum atomic E-state index is 12.0. The summed E-state index contributed by atoms with van der Waals surface area (Å²) in [6.07, 6.45) is 0. The highest BCUT2D eigenvalue weighted by Crippen LogP contribution is 2.26. The van der Waals surface area contributed by atoms with Gasteiger partial charge >= 0.3 is 0 Å². The highest BCUT2D eigenvalue weighted by Gasteiger charge is 2.17. The van der Waals surface area contributed by atoms with E-state index < -0.39 is 10.0 Å². The predicted octanol–water partition coefficient (Wildman–Crippen LogP) is 3.00. The van der Waals surface area contributed by atoms with Crippen molar-refractivity contribution in [3.05, 3.63) is 41.1 Å². The SMILES string of the molecule is O=S(=O)(Nc1cc(-c2cccs2)[nH]n1)c1cccs1. The molecule has 0 spiro atoms. The minimum atomic E-state index is -3.54. The van der Waals surface area contributed by atoms with Crippen molar-refractivity contribution in [2.75, 3.05) is 4.72 Å². The van der Waals surface area contributed by atoms with Gasteiger partial charge in [-0.3, -0.25) is 9.82 Å². The van der Waals surface area contributed by atoms with E-state index in [4.69, 9.17) is 0 Å². The summed E-state index contributed by atoms with van der Waals surface area (Å²) in [5, 5.41) is 10.4. The highest BCUT2D eigenvalue weighted by atomic mass is 32.2. The zero-order valence-corrected chi connectivity index (χ0v) is 12.0. The van der Waals surface area contributed by atoms with Crippen LogP contribution in [-0.4, -0.2) is 18.6 Å². The smallest absolute Gasteiger partial charge is 0.272 e. The quantitative estimate of drug-likeness (QED) is 0.778. The number of H-pyrrole nitrogens is 1. The van der Waals surface area contributed by atoms with Crippen molar-refractivity contribution in [3.63, 3.8) is 0 Å². The first kappa shape index (κ1) is 12.4. The van der Waals surface area contributed by atoms with E-state index in [0.717, 1.165) is 10.6 Å². The number of aromatic nitrogens is 2. The Morgan fingerprint density at radius 1 is 1.16 bits per heavy atom. The van der Waals surface area contributed by atoms with Crippen molar-refractivity contribution >= 4 is 38.5 Å². The Balaban J connectivity index is 1.85. The standard InChI is InChI=1S/C11H9N3O2S3/c15-19(16,11-4-2-6-18-11)14-10-7-8(12-13-10)9-3-1-5-17-9/h1-7H,(H2,12,13,14). The molecule has 0 unspecified atom stereocenters. The van der Waals surface area contributed by atoms with E-state index in [1.165, 1.54) is 11.3 Å². The third-order valence-electron chi connectivity index (χ3n) is 2.36. The van der Waals surface area contributed by atoms with Gasteiger partial charge in [-0.05, 0) is 22.9 Å². The number of rotatable bonds is 4. The second-order valence-corrected chi connectivity index (χ2v) is 7.49. The molecule has 0 aliphatic carbocycles. The fraction of sp³-hybridized carbons (Fsp3) is 0. The van der Waals surface area contributed by atoms with Crippen molar-refractivity contribution in [2.24, 2.45) is 0 Å². The van der Waals surface area contributed by atoms with Crippen LogP contribution in [0.1, 0.15) is 0 Å². The number of thiophene rings is 2. The summed E-state index contributed by atoms with van der Waals surface area (Å²) in [5.41, 5.74) is 0.791. The normalized spacial score (nSPS) is 11.6. The minimum Gasteiger partial charge on any atom is -0.275 e. The molecule has 98 valence electrons. The maximum absolute atomic E-state index is 12.0. The number of hydrogen-bond acceptors (Lipinski definition) is 5. The molecule has 0 aromatic carbocycles. The fourth-order valence-electron chi connectivity index (χ4n) is 1.54. The number of hydrogen-bond donors (Lipinski definition) is 2. The summed E-state index contributed by atoms with van der Waals surface area (Å²) in [4.78, 5) is 1.01. The second kappa shape index (κ2) is 4.80. The van der Waals surface area contributed by atoms with E-state index in [1.807, 2.05) is 17.5 Å². The van der Waals surface area contributed by atoms with Gasteiger partial charge in [-0.2, -0.15) is 5.10 Å². The van der Waals surface area contributed by atoms with Crippen LogP contribution < -0.4 is 4.72 Å². The van der Waals surface area contributed by atoms with Crippen molar-refractivity contribution in [1.82, 2.24) is 10.2 Å². The molecule has 5 nitrogen and oxygen atoms in total. The largest absolute Gasteiger partial charge is 0.275 e. The molecule has 0 aliphatic heterocycles. The second-order valence-electron chi connectivity index (χ2n) is 3.68. The van der Waals surface area contributed by atoms with Gasteiger partial charge in [-0.25, -0.2) is 8.42 Å². The lowest BCUT2D eigenvalue weighted by molar-refractivity contribution is 0.603. The monoisotopic (exact) mass is 311 g/mol. The lowest BCUT2D eigenvalue weighted by Crippen LogP contribution is -2.11. The lowest BCUT2D eigenvalue weighted by atomic mass is 10.3. The Bertz CT molecular complexity index is 758. The molecule has 8 heteroatoms. The van der Waals surface area contributed by atoms with Gasteiger partial charge < -0.3 is 0 Å². The van der Waals surface area contributed by atoms with E-state index in [0.29, 0.717) is 0 Å². The van der Waals surface area contributed by atoms with Crippen LogP contribution in [0.3, 0.4) is 0 Å². The zero-order valence-electron chi connectivity index (χ0n) is 9.53. The minimum absolute atomic E-state index is 0.271. The van der Waals surface area contributed by atoms with Gasteiger partial charge in [0.15, 0.2) is 5.82 Å². The molecule has 0 saturated heterocycles. The summed E-state index contributed by atoms with van der Waals surface area (Å²) in [5.74, 6) is 0.289. The van der Waals surface area contributed by atoms with E-state index in [-0.39, 0.29) is 10.0 Å². The number of sulfonamides is 1. The molecule has 2 N–H and O–H groups in total. The van der Waals surface area contributed by atoms with E-state index in [9.17, 15) is 8.42 Å². The van der Waals surface area contributed by atoms with Crippen molar-refractivity contribution in [2.45, 2.75) is 4.21 Å². The predicted molar refractivity (Wildman–Crippen MR) is 77.0 cm³/mol. The van der Waals surface area contributed by atoms with Crippen LogP contribution in [0.25, 0.3) is 10.6 Å². The third-order valence-corrected chi connectivity index (χ3v) is 6.02. The van der Waals surface area contributed by atoms with Crippen molar-refractivity contribution in [1.29, 1.82) is 0 Å². The Morgan fingerprint density at radius 2 is 1.95 bits per heavy atom. The van der Waals surface area contributed by atoms with E-state index >= 15 is 0 Å². The Morgan fingerprint density at radius 3 is 2.63 bits per heavy atom. The molecule has 3 aromatic rings. The summed E-state index contributed by atoms with van der Waals surface area (Å²) in [7, 11) is -3.54. The summed E-state index contributed by atoms with van der Waals surface area (Å²) in [6.45, 7) is 0. The fourth-order valence-corrected chi connectivity index (χ4v) is 4.21. The summed E-state index contributed by atoms with van der Waals surface area (Å²) in [6, 6.07) is 8.80. The van der Waals surface area contributed by atoms with Crippen LogP contribution >= 0.6 is 22.7 Å². The number of anilines is 1. The van der Waals surface area contributed by atoms with Gasteiger partial charge in [0.2, 0.25) is 0 Å². The molecular formula is C11H9N3O2S3. The molecule has 0 fully saturated rings. The number of aromatic amines is 1. The van der Waals surface area contributed by atoms with Crippen LogP contribution in [0.4, 0.5) is 5.82 Å². The topological polar surface area (TPSA) is 74.8 Å². The van der Waals surface area contributed by atoms with Crippen LogP contribution in [0.2, 0.25) is 0 Å². The summed E-state index contributed by atoms with van der Waals surface area (Å²) < 4.78 is 26.7.